The van der Waals surface area contributed by atoms with Gasteiger partial charge >= 0.3 is 0 Å². The van der Waals surface area contributed by atoms with Crippen molar-refractivity contribution in [2.75, 3.05) is 20.8 Å². The monoisotopic (exact) mass is 384 g/mol. The number of carbonyl (C=O) groups is 1. The number of fused-ring (bicyclic) bond motifs is 2. The Morgan fingerprint density at radius 2 is 1.74 bits per heavy atom. The lowest BCUT2D eigenvalue weighted by atomic mass is 9.98. The highest BCUT2D eigenvalue weighted by molar-refractivity contribution is 6.38. The molecule has 1 aromatic heterocycles. The van der Waals surface area contributed by atoms with Crippen LogP contribution in [-0.2, 0) is 20.0 Å². The van der Waals surface area contributed by atoms with Crippen LogP contribution in [0.1, 0.15) is 21.6 Å². The lowest BCUT2D eigenvalue weighted by Gasteiger charge is -2.30. The van der Waals surface area contributed by atoms with Crippen LogP contribution in [0.4, 0.5) is 0 Å². The SMILES string of the molecule is COc1cc2c(cc1OC)CN(C(=O)c1c(Cl)c3ccccc3n1C)CC2. The summed E-state index contributed by atoms with van der Waals surface area (Å²) in [6, 6.07) is 11.7. The second kappa shape index (κ2) is 6.82. The van der Waals surface area contributed by atoms with Crippen molar-refractivity contribution in [2.24, 2.45) is 7.05 Å². The summed E-state index contributed by atoms with van der Waals surface area (Å²) < 4.78 is 12.7. The van der Waals surface area contributed by atoms with Gasteiger partial charge in [-0.25, -0.2) is 0 Å². The molecule has 0 spiro atoms. The summed E-state index contributed by atoms with van der Waals surface area (Å²) in [7, 11) is 5.13. The summed E-state index contributed by atoms with van der Waals surface area (Å²) in [5.41, 5.74) is 3.73. The fourth-order valence-corrected chi connectivity index (χ4v) is 4.16. The second-order valence-corrected chi connectivity index (χ2v) is 7.07. The maximum atomic E-state index is 13.3. The molecule has 0 unspecified atom stereocenters. The summed E-state index contributed by atoms with van der Waals surface area (Å²) in [6.07, 6.45) is 0.767. The first kappa shape index (κ1) is 17.7. The number of rotatable bonds is 3. The first-order chi connectivity index (χ1) is 13.0. The van der Waals surface area contributed by atoms with Gasteiger partial charge in [0, 0.05) is 31.0 Å². The van der Waals surface area contributed by atoms with Gasteiger partial charge in [-0.2, -0.15) is 0 Å². The van der Waals surface area contributed by atoms with Gasteiger partial charge in [0.05, 0.1) is 19.2 Å². The van der Waals surface area contributed by atoms with E-state index in [-0.39, 0.29) is 5.91 Å². The molecule has 2 aromatic carbocycles. The van der Waals surface area contributed by atoms with Crippen LogP contribution in [0.3, 0.4) is 0 Å². The van der Waals surface area contributed by atoms with Crippen LogP contribution in [0.5, 0.6) is 11.5 Å². The van der Waals surface area contributed by atoms with E-state index < -0.39 is 0 Å². The van der Waals surface area contributed by atoms with Crippen molar-refractivity contribution in [3.05, 3.63) is 58.2 Å². The van der Waals surface area contributed by atoms with Crippen molar-refractivity contribution in [1.82, 2.24) is 9.47 Å². The van der Waals surface area contributed by atoms with E-state index in [1.165, 1.54) is 5.56 Å². The molecule has 1 aliphatic heterocycles. The normalized spacial score (nSPS) is 13.6. The zero-order valence-corrected chi connectivity index (χ0v) is 16.3. The molecule has 0 aliphatic carbocycles. The van der Waals surface area contributed by atoms with Gasteiger partial charge in [0.25, 0.3) is 5.91 Å². The fraction of sp³-hybridized carbons (Fsp3) is 0.286. The zero-order chi connectivity index (χ0) is 19.1. The highest BCUT2D eigenvalue weighted by Crippen LogP contribution is 2.35. The van der Waals surface area contributed by atoms with E-state index >= 15 is 0 Å². The Balaban J connectivity index is 1.69. The first-order valence-corrected chi connectivity index (χ1v) is 9.19. The average Bonchev–Trinajstić information content (AvgIpc) is 2.96. The number of aryl methyl sites for hydroxylation is 1. The Morgan fingerprint density at radius 3 is 2.41 bits per heavy atom. The van der Waals surface area contributed by atoms with Gasteiger partial charge in [0.15, 0.2) is 11.5 Å². The highest BCUT2D eigenvalue weighted by Gasteiger charge is 2.28. The quantitative estimate of drug-likeness (QED) is 0.684. The molecule has 0 atom stereocenters. The van der Waals surface area contributed by atoms with Gasteiger partial charge in [0.2, 0.25) is 0 Å². The van der Waals surface area contributed by atoms with E-state index in [9.17, 15) is 4.79 Å². The van der Waals surface area contributed by atoms with Crippen molar-refractivity contribution in [3.63, 3.8) is 0 Å². The van der Waals surface area contributed by atoms with E-state index in [2.05, 4.69) is 0 Å². The van der Waals surface area contributed by atoms with Crippen molar-refractivity contribution in [2.45, 2.75) is 13.0 Å². The molecule has 0 saturated heterocycles. The second-order valence-electron chi connectivity index (χ2n) is 6.69. The Morgan fingerprint density at radius 1 is 1.07 bits per heavy atom. The van der Waals surface area contributed by atoms with Crippen molar-refractivity contribution in [1.29, 1.82) is 0 Å². The highest BCUT2D eigenvalue weighted by atomic mass is 35.5. The number of nitrogens with zero attached hydrogens (tertiary/aromatic N) is 2. The third-order valence-electron chi connectivity index (χ3n) is 5.25. The molecule has 0 N–H and O–H groups in total. The predicted molar refractivity (Wildman–Crippen MR) is 106 cm³/mol. The number of ether oxygens (including phenoxy) is 2. The van der Waals surface area contributed by atoms with E-state index in [4.69, 9.17) is 21.1 Å². The third-order valence-corrected chi connectivity index (χ3v) is 5.64. The lowest BCUT2D eigenvalue weighted by molar-refractivity contribution is 0.0725. The number of amides is 1. The number of aromatic nitrogens is 1. The molecular formula is C21H21ClN2O3. The summed E-state index contributed by atoms with van der Waals surface area (Å²) in [5.74, 6) is 1.33. The number of hydrogen-bond acceptors (Lipinski definition) is 3. The van der Waals surface area contributed by atoms with Gasteiger partial charge in [-0.15, -0.1) is 0 Å². The molecule has 0 radical (unpaired) electrons. The van der Waals surface area contributed by atoms with E-state index in [1.807, 2.05) is 52.9 Å². The molecule has 0 saturated carbocycles. The number of halogens is 1. The van der Waals surface area contributed by atoms with Crippen molar-refractivity contribution in [3.8, 4) is 11.5 Å². The summed E-state index contributed by atoms with van der Waals surface area (Å²) in [6.45, 7) is 1.16. The zero-order valence-electron chi connectivity index (χ0n) is 15.6. The number of hydrogen-bond donors (Lipinski definition) is 0. The largest absolute Gasteiger partial charge is 0.493 e. The molecular weight excluding hydrogens is 364 g/mol. The minimum absolute atomic E-state index is 0.0564. The first-order valence-electron chi connectivity index (χ1n) is 8.81. The van der Waals surface area contributed by atoms with Crippen molar-refractivity contribution >= 4 is 28.4 Å². The van der Waals surface area contributed by atoms with Gasteiger partial charge in [-0.3, -0.25) is 4.79 Å². The van der Waals surface area contributed by atoms with Gasteiger partial charge < -0.3 is 18.9 Å². The molecule has 140 valence electrons. The Kier molecular flexibility index (Phi) is 4.48. The summed E-state index contributed by atoms with van der Waals surface area (Å²) >= 11 is 6.56. The molecule has 1 aliphatic rings. The summed E-state index contributed by atoms with van der Waals surface area (Å²) in [5, 5.41) is 1.41. The molecule has 3 aromatic rings. The number of benzene rings is 2. The molecule has 0 bridgehead atoms. The topological polar surface area (TPSA) is 43.7 Å². The maximum absolute atomic E-state index is 13.3. The summed E-state index contributed by atoms with van der Waals surface area (Å²) in [4.78, 5) is 15.1. The van der Waals surface area contributed by atoms with E-state index in [0.29, 0.717) is 35.3 Å². The average molecular weight is 385 g/mol. The fourth-order valence-electron chi connectivity index (χ4n) is 3.79. The predicted octanol–water partition coefficient (Wildman–Crippen LogP) is 4.05. The Hall–Kier alpha value is -2.66. The molecule has 1 amide bonds. The van der Waals surface area contributed by atoms with Crippen LogP contribution in [-0.4, -0.2) is 36.1 Å². The standard InChI is InChI=1S/C21H21ClN2O3/c1-23-16-7-5-4-6-15(16)19(22)20(23)21(25)24-9-8-13-10-17(26-2)18(27-3)11-14(13)12-24/h4-7,10-11H,8-9,12H2,1-3H3. The maximum Gasteiger partial charge on any atom is 0.272 e. The van der Waals surface area contributed by atoms with Crippen LogP contribution in [0.2, 0.25) is 5.02 Å². The molecule has 5 nitrogen and oxygen atoms in total. The minimum Gasteiger partial charge on any atom is -0.493 e. The Labute approximate surface area is 163 Å². The molecule has 4 rings (SSSR count). The number of para-hydroxylation sites is 1. The molecule has 0 fully saturated rings. The van der Waals surface area contributed by atoms with Gasteiger partial charge in [-0.1, -0.05) is 29.8 Å². The minimum atomic E-state index is -0.0564. The van der Waals surface area contributed by atoms with Crippen LogP contribution >= 0.6 is 11.6 Å². The van der Waals surface area contributed by atoms with Gasteiger partial charge in [-0.05, 0) is 35.7 Å². The van der Waals surface area contributed by atoms with Crippen LogP contribution in [0, 0.1) is 0 Å². The number of methoxy groups -OCH3 is 2. The third kappa shape index (κ3) is 2.82. The smallest absolute Gasteiger partial charge is 0.272 e. The van der Waals surface area contributed by atoms with E-state index in [0.717, 1.165) is 22.9 Å². The molecule has 6 heteroatoms. The van der Waals surface area contributed by atoms with Crippen LogP contribution < -0.4 is 9.47 Å². The lowest BCUT2D eigenvalue weighted by Crippen LogP contribution is -2.37. The Bertz CT molecular complexity index is 1000. The van der Waals surface area contributed by atoms with Gasteiger partial charge in [0.1, 0.15) is 5.69 Å². The van der Waals surface area contributed by atoms with E-state index in [1.54, 1.807) is 14.2 Å². The van der Waals surface area contributed by atoms with Crippen LogP contribution in [0.25, 0.3) is 10.9 Å². The van der Waals surface area contributed by atoms with Crippen molar-refractivity contribution < 1.29 is 14.3 Å². The molecule has 27 heavy (non-hydrogen) atoms. The number of carbonyl (C=O) groups excluding carboxylic acids is 1. The van der Waals surface area contributed by atoms with Crippen LogP contribution in [0.15, 0.2) is 36.4 Å². The molecule has 2 heterocycles.